The number of nitrogens with one attached hydrogen (secondary N) is 3. The summed E-state index contributed by atoms with van der Waals surface area (Å²) in [5.74, 6) is 0.501. The number of para-hydroxylation sites is 1. The summed E-state index contributed by atoms with van der Waals surface area (Å²) in [6.07, 6.45) is 1.71. The largest absolute Gasteiger partial charge is 0.356 e. The first-order chi connectivity index (χ1) is 16.7. The molecule has 2 heterocycles. The van der Waals surface area contributed by atoms with Crippen LogP contribution in [0.3, 0.4) is 0 Å². The number of H-pyrrole nitrogens is 1. The number of nitrogens with zero attached hydrogens (tertiary/aromatic N) is 2. The quantitative estimate of drug-likeness (QED) is 0.259. The van der Waals surface area contributed by atoms with Gasteiger partial charge < -0.3 is 15.6 Å². The first-order valence-corrected chi connectivity index (χ1v) is 10.9. The molecule has 6 heteroatoms. The van der Waals surface area contributed by atoms with Crippen molar-refractivity contribution in [3.63, 3.8) is 0 Å². The van der Waals surface area contributed by atoms with E-state index in [-0.39, 0.29) is 5.82 Å². The number of imidazole rings is 1. The van der Waals surface area contributed by atoms with Crippen LogP contribution >= 0.6 is 0 Å². The van der Waals surface area contributed by atoms with Crippen LogP contribution in [-0.2, 0) is 0 Å². The summed E-state index contributed by atoms with van der Waals surface area (Å²) in [5, 5.41) is 7.54. The first-order valence-electron chi connectivity index (χ1n) is 10.9. The highest BCUT2D eigenvalue weighted by molar-refractivity contribution is 5.94. The van der Waals surface area contributed by atoms with E-state index in [1.807, 2.05) is 72.8 Å². The van der Waals surface area contributed by atoms with Crippen LogP contribution in [0.4, 0.5) is 27.1 Å². The Hall–Kier alpha value is -4.71. The molecular weight excluding hydrogens is 425 g/mol. The molecule has 0 atom stereocenters. The third-order valence-corrected chi connectivity index (χ3v) is 5.66. The number of benzene rings is 4. The zero-order valence-electron chi connectivity index (χ0n) is 18.1. The second-order valence-electron chi connectivity index (χ2n) is 8.03. The Morgan fingerprint density at radius 1 is 0.676 bits per heavy atom. The Morgan fingerprint density at radius 2 is 1.50 bits per heavy atom. The lowest BCUT2D eigenvalue weighted by atomic mass is 10.1. The minimum Gasteiger partial charge on any atom is -0.356 e. The van der Waals surface area contributed by atoms with Crippen molar-refractivity contribution in [2.24, 2.45) is 0 Å². The van der Waals surface area contributed by atoms with Crippen molar-refractivity contribution in [2.75, 3.05) is 10.6 Å². The van der Waals surface area contributed by atoms with E-state index in [1.165, 1.54) is 12.1 Å². The lowest BCUT2D eigenvalue weighted by Crippen LogP contribution is -1.93. The Morgan fingerprint density at radius 3 is 2.41 bits per heavy atom. The lowest BCUT2D eigenvalue weighted by Gasteiger charge is -2.09. The molecule has 5 nitrogen and oxygen atoms in total. The van der Waals surface area contributed by atoms with Gasteiger partial charge in [0.05, 0.1) is 16.6 Å². The van der Waals surface area contributed by atoms with Crippen LogP contribution in [0.2, 0.25) is 0 Å². The maximum Gasteiger partial charge on any atom is 0.138 e. The number of hydrogen-bond acceptors (Lipinski definition) is 4. The van der Waals surface area contributed by atoms with Gasteiger partial charge in [-0.1, -0.05) is 30.3 Å². The summed E-state index contributed by atoms with van der Waals surface area (Å²) in [7, 11) is 0. The lowest BCUT2D eigenvalue weighted by molar-refractivity contribution is 0.629. The molecule has 3 N–H and O–H groups in total. The highest BCUT2D eigenvalue weighted by Crippen LogP contribution is 2.29. The molecule has 0 saturated carbocycles. The molecule has 0 aliphatic heterocycles. The minimum absolute atomic E-state index is 0.291. The number of rotatable bonds is 5. The van der Waals surface area contributed by atoms with Gasteiger partial charge in [0, 0.05) is 39.9 Å². The number of aromatic nitrogens is 3. The zero-order valence-corrected chi connectivity index (χ0v) is 18.1. The van der Waals surface area contributed by atoms with Crippen molar-refractivity contribution in [3.05, 3.63) is 109 Å². The maximum absolute atomic E-state index is 13.8. The number of anilines is 4. The van der Waals surface area contributed by atoms with Crippen LogP contribution in [0.15, 0.2) is 103 Å². The molecule has 6 rings (SSSR count). The van der Waals surface area contributed by atoms with E-state index in [4.69, 9.17) is 4.98 Å². The van der Waals surface area contributed by atoms with Crippen molar-refractivity contribution >= 4 is 44.7 Å². The monoisotopic (exact) mass is 445 g/mol. The molecule has 0 spiro atoms. The molecule has 4 aromatic carbocycles. The van der Waals surface area contributed by atoms with E-state index >= 15 is 0 Å². The van der Waals surface area contributed by atoms with Crippen LogP contribution in [0.1, 0.15) is 0 Å². The Labute approximate surface area is 195 Å². The highest BCUT2D eigenvalue weighted by atomic mass is 19.1. The Balaban J connectivity index is 1.30. The molecule has 164 valence electrons. The SMILES string of the molecule is Fc1ccc2nccc(Nc3ccc4nc(-c5cccc(Nc6ccccc6)c5)[nH]c4c3)c2c1. The van der Waals surface area contributed by atoms with Gasteiger partial charge in [0.15, 0.2) is 0 Å². The predicted octanol–water partition coefficient (Wildman–Crippen LogP) is 7.40. The molecular formula is C28H20FN5. The van der Waals surface area contributed by atoms with Crippen LogP contribution < -0.4 is 10.6 Å². The second kappa shape index (κ2) is 8.33. The summed E-state index contributed by atoms with van der Waals surface area (Å²) in [4.78, 5) is 12.5. The molecule has 0 amide bonds. The highest BCUT2D eigenvalue weighted by Gasteiger charge is 2.09. The van der Waals surface area contributed by atoms with E-state index in [9.17, 15) is 4.39 Å². The molecule has 0 saturated heterocycles. The van der Waals surface area contributed by atoms with E-state index < -0.39 is 0 Å². The number of pyridine rings is 1. The third-order valence-electron chi connectivity index (χ3n) is 5.66. The van der Waals surface area contributed by atoms with Gasteiger partial charge in [-0.05, 0) is 66.7 Å². The van der Waals surface area contributed by atoms with Crippen molar-refractivity contribution < 1.29 is 4.39 Å². The van der Waals surface area contributed by atoms with Gasteiger partial charge in [-0.2, -0.15) is 0 Å². The maximum atomic E-state index is 13.8. The number of halogens is 1. The van der Waals surface area contributed by atoms with Crippen molar-refractivity contribution in [1.29, 1.82) is 0 Å². The fraction of sp³-hybridized carbons (Fsp3) is 0. The fourth-order valence-corrected chi connectivity index (χ4v) is 4.04. The molecule has 0 unspecified atom stereocenters. The summed E-state index contributed by atoms with van der Waals surface area (Å²) in [6, 6.07) is 30.6. The van der Waals surface area contributed by atoms with Crippen LogP contribution in [0.5, 0.6) is 0 Å². The zero-order chi connectivity index (χ0) is 22.9. The van der Waals surface area contributed by atoms with E-state index in [2.05, 4.69) is 26.7 Å². The van der Waals surface area contributed by atoms with Gasteiger partial charge in [0.1, 0.15) is 11.6 Å². The van der Waals surface area contributed by atoms with Gasteiger partial charge in [-0.25, -0.2) is 9.37 Å². The third kappa shape index (κ3) is 3.93. The minimum atomic E-state index is -0.291. The van der Waals surface area contributed by atoms with Gasteiger partial charge in [-0.15, -0.1) is 0 Å². The summed E-state index contributed by atoms with van der Waals surface area (Å²) in [5.41, 5.74) is 7.19. The second-order valence-corrected chi connectivity index (χ2v) is 8.03. The smallest absolute Gasteiger partial charge is 0.138 e. The van der Waals surface area contributed by atoms with Crippen molar-refractivity contribution in [1.82, 2.24) is 15.0 Å². The number of fused-ring (bicyclic) bond motifs is 2. The number of hydrogen-bond donors (Lipinski definition) is 3. The average molecular weight is 446 g/mol. The summed E-state index contributed by atoms with van der Waals surface area (Å²) >= 11 is 0. The van der Waals surface area contributed by atoms with Crippen LogP contribution in [0, 0.1) is 5.82 Å². The normalized spacial score (nSPS) is 11.1. The van der Waals surface area contributed by atoms with E-state index in [1.54, 1.807) is 12.3 Å². The summed E-state index contributed by atoms with van der Waals surface area (Å²) < 4.78 is 13.8. The molecule has 0 aliphatic rings. The van der Waals surface area contributed by atoms with Gasteiger partial charge in [0.2, 0.25) is 0 Å². The average Bonchev–Trinajstić information content (AvgIpc) is 3.29. The molecule has 6 aromatic rings. The molecule has 2 aromatic heterocycles. The topological polar surface area (TPSA) is 65.6 Å². The predicted molar refractivity (Wildman–Crippen MR) is 136 cm³/mol. The standard InChI is InChI=1S/C28H20FN5/c29-19-9-11-24-23(16-19)25(13-14-30-24)32-22-10-12-26-27(17-22)34-28(33-26)18-5-4-8-21(15-18)31-20-6-2-1-3-7-20/h1-17,31H,(H,30,32)(H,33,34). The van der Waals surface area contributed by atoms with E-state index in [0.717, 1.165) is 56.1 Å². The first kappa shape index (κ1) is 19.9. The molecule has 0 radical (unpaired) electrons. The van der Waals surface area contributed by atoms with Crippen molar-refractivity contribution in [3.8, 4) is 11.4 Å². The Kier molecular flexibility index (Phi) is 4.88. The molecule has 0 fully saturated rings. The molecule has 34 heavy (non-hydrogen) atoms. The van der Waals surface area contributed by atoms with Crippen molar-refractivity contribution in [2.45, 2.75) is 0 Å². The molecule has 0 bridgehead atoms. The van der Waals surface area contributed by atoms with Gasteiger partial charge >= 0.3 is 0 Å². The summed E-state index contributed by atoms with van der Waals surface area (Å²) in [6.45, 7) is 0. The molecule has 0 aliphatic carbocycles. The van der Waals surface area contributed by atoms with Crippen LogP contribution in [-0.4, -0.2) is 15.0 Å². The number of aromatic amines is 1. The van der Waals surface area contributed by atoms with Gasteiger partial charge in [0.25, 0.3) is 0 Å². The van der Waals surface area contributed by atoms with E-state index in [0.29, 0.717) is 0 Å². The Bertz CT molecular complexity index is 1630. The fourth-order valence-electron chi connectivity index (χ4n) is 4.04. The van der Waals surface area contributed by atoms with Gasteiger partial charge in [-0.3, -0.25) is 4.98 Å². The van der Waals surface area contributed by atoms with Crippen LogP contribution in [0.25, 0.3) is 33.3 Å².